The van der Waals surface area contributed by atoms with Crippen LogP contribution in [0.25, 0.3) is 0 Å². The lowest BCUT2D eigenvalue weighted by molar-refractivity contribution is 0.190. The van der Waals surface area contributed by atoms with Gasteiger partial charge in [0, 0.05) is 12.6 Å². The number of rotatable bonds is 7. The molecule has 4 nitrogen and oxygen atoms in total. The molecule has 0 bridgehead atoms. The van der Waals surface area contributed by atoms with Gasteiger partial charge in [-0.3, -0.25) is 0 Å². The summed E-state index contributed by atoms with van der Waals surface area (Å²) in [5, 5.41) is -0.339. The second kappa shape index (κ2) is 7.46. The van der Waals surface area contributed by atoms with E-state index in [1.54, 1.807) is 13.8 Å². The fourth-order valence-electron chi connectivity index (χ4n) is 2.41. The Morgan fingerprint density at radius 2 is 1.83 bits per heavy atom. The molecule has 108 valence electrons. The van der Waals surface area contributed by atoms with Gasteiger partial charge in [-0.05, 0) is 46.7 Å². The maximum atomic E-state index is 11.6. The minimum Gasteiger partial charge on any atom is -0.303 e. The first kappa shape index (κ1) is 15.9. The van der Waals surface area contributed by atoms with Crippen LogP contribution in [-0.2, 0) is 10.0 Å². The van der Waals surface area contributed by atoms with Crippen molar-refractivity contribution in [2.45, 2.75) is 63.7 Å². The highest BCUT2D eigenvalue weighted by Crippen LogP contribution is 2.21. The molecule has 1 fully saturated rings. The van der Waals surface area contributed by atoms with E-state index >= 15 is 0 Å². The summed E-state index contributed by atoms with van der Waals surface area (Å²) in [4.78, 5) is 2.39. The third-order valence-corrected chi connectivity index (χ3v) is 5.66. The van der Waals surface area contributed by atoms with Gasteiger partial charge in [-0.15, -0.1) is 0 Å². The van der Waals surface area contributed by atoms with Crippen LogP contribution < -0.4 is 4.72 Å². The second-order valence-corrected chi connectivity index (χ2v) is 7.94. The quantitative estimate of drug-likeness (QED) is 0.723. The Kier molecular flexibility index (Phi) is 6.60. The van der Waals surface area contributed by atoms with E-state index in [1.807, 2.05) is 0 Å². The molecule has 0 heterocycles. The predicted molar refractivity (Wildman–Crippen MR) is 76.2 cm³/mol. The van der Waals surface area contributed by atoms with Crippen molar-refractivity contribution in [3.8, 4) is 0 Å². The number of sulfonamides is 1. The Balaban J connectivity index is 2.17. The summed E-state index contributed by atoms with van der Waals surface area (Å²) in [6.45, 7) is 4.94. The van der Waals surface area contributed by atoms with E-state index in [4.69, 9.17) is 0 Å². The van der Waals surface area contributed by atoms with Crippen molar-refractivity contribution in [2.75, 3.05) is 20.1 Å². The van der Waals surface area contributed by atoms with Crippen molar-refractivity contribution < 1.29 is 8.42 Å². The van der Waals surface area contributed by atoms with E-state index in [9.17, 15) is 8.42 Å². The minimum absolute atomic E-state index is 0.339. The number of hydrogen-bond donors (Lipinski definition) is 1. The maximum absolute atomic E-state index is 11.6. The van der Waals surface area contributed by atoms with Gasteiger partial charge in [-0.2, -0.15) is 0 Å². The first-order valence-corrected chi connectivity index (χ1v) is 8.67. The SMILES string of the molecule is CC(C)S(=O)(=O)NCCCN(C)C1CCCCC1. The van der Waals surface area contributed by atoms with Crippen LogP contribution in [-0.4, -0.2) is 44.7 Å². The third kappa shape index (κ3) is 5.24. The smallest absolute Gasteiger partial charge is 0.213 e. The molecular formula is C13H28N2O2S. The summed E-state index contributed by atoms with van der Waals surface area (Å²) in [5.41, 5.74) is 0. The zero-order chi connectivity index (χ0) is 13.6. The fraction of sp³-hybridized carbons (Fsp3) is 1.00. The highest BCUT2D eigenvalue weighted by molar-refractivity contribution is 7.90. The largest absolute Gasteiger partial charge is 0.303 e. The van der Waals surface area contributed by atoms with Gasteiger partial charge >= 0.3 is 0 Å². The molecule has 1 rings (SSSR count). The van der Waals surface area contributed by atoms with E-state index in [0.29, 0.717) is 12.6 Å². The fourth-order valence-corrected chi connectivity index (χ4v) is 3.18. The Hall–Kier alpha value is -0.130. The molecule has 0 atom stereocenters. The molecule has 1 aliphatic rings. The Bertz CT molecular complexity index is 322. The van der Waals surface area contributed by atoms with Gasteiger partial charge in [0.15, 0.2) is 0 Å². The van der Waals surface area contributed by atoms with Crippen LogP contribution in [0.1, 0.15) is 52.4 Å². The molecule has 0 amide bonds. The van der Waals surface area contributed by atoms with Crippen molar-refractivity contribution >= 4 is 10.0 Å². The standard InChI is InChI=1S/C13H28N2O2S/c1-12(2)18(16,17)14-10-7-11-15(3)13-8-5-4-6-9-13/h12-14H,4-11H2,1-3H3. The van der Waals surface area contributed by atoms with Gasteiger partial charge < -0.3 is 4.90 Å². The summed E-state index contributed by atoms with van der Waals surface area (Å²) in [5.74, 6) is 0. The van der Waals surface area contributed by atoms with Crippen LogP contribution in [0.5, 0.6) is 0 Å². The van der Waals surface area contributed by atoms with Crippen molar-refractivity contribution in [1.29, 1.82) is 0 Å². The molecule has 0 aliphatic heterocycles. The van der Waals surface area contributed by atoms with E-state index in [0.717, 1.165) is 13.0 Å². The molecule has 0 aromatic carbocycles. The van der Waals surface area contributed by atoms with Gasteiger partial charge in [-0.25, -0.2) is 13.1 Å². The van der Waals surface area contributed by atoms with Gasteiger partial charge in [-0.1, -0.05) is 19.3 Å². The molecule has 5 heteroatoms. The first-order valence-electron chi connectivity index (χ1n) is 7.12. The monoisotopic (exact) mass is 276 g/mol. The first-order chi connectivity index (χ1) is 8.43. The molecule has 0 spiro atoms. The van der Waals surface area contributed by atoms with E-state index in [2.05, 4.69) is 16.7 Å². The molecule has 0 radical (unpaired) electrons. The molecule has 1 aliphatic carbocycles. The van der Waals surface area contributed by atoms with Gasteiger partial charge in [0.05, 0.1) is 5.25 Å². The summed E-state index contributed by atoms with van der Waals surface area (Å²) in [7, 11) is -0.930. The average molecular weight is 276 g/mol. The lowest BCUT2D eigenvalue weighted by Gasteiger charge is -2.31. The molecule has 1 saturated carbocycles. The molecule has 0 unspecified atom stereocenters. The van der Waals surface area contributed by atoms with E-state index < -0.39 is 10.0 Å². The number of nitrogens with zero attached hydrogens (tertiary/aromatic N) is 1. The highest BCUT2D eigenvalue weighted by atomic mass is 32.2. The summed E-state index contributed by atoms with van der Waals surface area (Å²) >= 11 is 0. The average Bonchev–Trinajstić information content (AvgIpc) is 2.35. The summed E-state index contributed by atoms with van der Waals surface area (Å²) in [6.07, 6.45) is 7.55. The summed E-state index contributed by atoms with van der Waals surface area (Å²) < 4.78 is 25.8. The predicted octanol–water partition coefficient (Wildman–Crippen LogP) is 1.97. The Morgan fingerprint density at radius 3 is 2.39 bits per heavy atom. The zero-order valence-corrected chi connectivity index (χ0v) is 12.8. The molecule has 0 saturated heterocycles. The second-order valence-electron chi connectivity index (χ2n) is 5.61. The van der Waals surface area contributed by atoms with Crippen molar-refractivity contribution in [3.05, 3.63) is 0 Å². The normalized spacial score (nSPS) is 18.7. The topological polar surface area (TPSA) is 49.4 Å². The van der Waals surface area contributed by atoms with Crippen LogP contribution in [0.4, 0.5) is 0 Å². The molecule has 1 N–H and O–H groups in total. The van der Waals surface area contributed by atoms with Crippen LogP contribution in [0.15, 0.2) is 0 Å². The molecule has 0 aromatic rings. The zero-order valence-electron chi connectivity index (χ0n) is 12.0. The van der Waals surface area contributed by atoms with Crippen LogP contribution in [0.2, 0.25) is 0 Å². The van der Waals surface area contributed by atoms with E-state index in [-0.39, 0.29) is 5.25 Å². The van der Waals surface area contributed by atoms with Gasteiger partial charge in [0.25, 0.3) is 0 Å². The highest BCUT2D eigenvalue weighted by Gasteiger charge is 2.18. The molecule has 0 aromatic heterocycles. The van der Waals surface area contributed by atoms with Gasteiger partial charge in [0.2, 0.25) is 10.0 Å². The molecule has 18 heavy (non-hydrogen) atoms. The van der Waals surface area contributed by atoms with Crippen LogP contribution in [0.3, 0.4) is 0 Å². The third-order valence-electron chi connectivity index (χ3n) is 3.81. The summed E-state index contributed by atoms with van der Waals surface area (Å²) in [6, 6.07) is 0.709. The lowest BCUT2D eigenvalue weighted by atomic mass is 9.94. The van der Waals surface area contributed by atoms with Crippen molar-refractivity contribution in [3.63, 3.8) is 0 Å². The minimum atomic E-state index is -3.09. The maximum Gasteiger partial charge on any atom is 0.213 e. The van der Waals surface area contributed by atoms with Crippen LogP contribution in [0, 0.1) is 0 Å². The van der Waals surface area contributed by atoms with Crippen molar-refractivity contribution in [1.82, 2.24) is 9.62 Å². The Labute approximate surface area is 112 Å². The van der Waals surface area contributed by atoms with Crippen LogP contribution >= 0.6 is 0 Å². The lowest BCUT2D eigenvalue weighted by Crippen LogP contribution is -2.37. The number of nitrogens with one attached hydrogen (secondary N) is 1. The Morgan fingerprint density at radius 1 is 1.22 bits per heavy atom. The van der Waals surface area contributed by atoms with Gasteiger partial charge in [0.1, 0.15) is 0 Å². The number of hydrogen-bond acceptors (Lipinski definition) is 3. The van der Waals surface area contributed by atoms with Crippen molar-refractivity contribution in [2.24, 2.45) is 0 Å². The molecular weight excluding hydrogens is 248 g/mol. The van der Waals surface area contributed by atoms with E-state index in [1.165, 1.54) is 32.1 Å².